The van der Waals surface area contributed by atoms with E-state index in [-0.39, 0.29) is 30.1 Å². The Kier molecular flexibility index (Phi) is 10.9. The summed E-state index contributed by atoms with van der Waals surface area (Å²) in [6.07, 6.45) is 8.46. The highest BCUT2D eigenvalue weighted by molar-refractivity contribution is 6.06. The molecule has 312 valence electrons. The Morgan fingerprint density at radius 3 is 2.50 bits per heavy atom. The summed E-state index contributed by atoms with van der Waals surface area (Å²) in [6.45, 7) is 10.4. The van der Waals surface area contributed by atoms with Crippen LogP contribution in [0.1, 0.15) is 71.3 Å². The van der Waals surface area contributed by atoms with Crippen LogP contribution in [0.25, 0.3) is 22.3 Å². The number of para-hydroxylation sites is 1. The highest BCUT2D eigenvalue weighted by Crippen LogP contribution is 2.38. The molecule has 0 radical (unpaired) electrons. The molecule has 0 unspecified atom stereocenters. The van der Waals surface area contributed by atoms with Crippen LogP contribution in [0.4, 0.5) is 22.0 Å². The van der Waals surface area contributed by atoms with Gasteiger partial charge in [-0.25, -0.2) is 9.78 Å². The maximum atomic E-state index is 13.8. The molecule has 4 aliphatic rings. The molecule has 3 saturated heterocycles. The number of phenols is 1. The van der Waals surface area contributed by atoms with E-state index in [1.807, 2.05) is 48.2 Å². The fourth-order valence-corrected chi connectivity index (χ4v) is 9.50. The molecule has 4 N–H and O–H groups in total. The SMILES string of the molecule is Cc1cc(C(=O)N2CCN(CC3CCC(n4cc(C)c5cc(N6CCC(=O)NC6=O)cnc54)CC3)CC2)ccc1[C@@H]1CN(c2cc(-c3ccccc3O)nnc2N)CCO1. The Hall–Kier alpha value is -6.06. The van der Waals surface area contributed by atoms with E-state index >= 15 is 0 Å². The number of aromatic hydroxyl groups is 1. The van der Waals surface area contributed by atoms with Crippen LogP contribution in [0.3, 0.4) is 0 Å². The minimum absolute atomic E-state index is 0.0626. The van der Waals surface area contributed by atoms with Gasteiger partial charge in [-0.1, -0.05) is 18.2 Å². The summed E-state index contributed by atoms with van der Waals surface area (Å²) in [5.74, 6) is 0.882. The second-order valence-corrected chi connectivity index (χ2v) is 16.7. The zero-order valence-corrected chi connectivity index (χ0v) is 34.2. The van der Waals surface area contributed by atoms with E-state index in [0.29, 0.717) is 79.6 Å². The number of hydrogen-bond donors (Lipinski definition) is 3. The van der Waals surface area contributed by atoms with Crippen molar-refractivity contribution in [3.63, 3.8) is 0 Å². The van der Waals surface area contributed by atoms with Gasteiger partial charge in [0.2, 0.25) is 5.91 Å². The molecule has 2 aromatic carbocycles. The number of urea groups is 1. The summed E-state index contributed by atoms with van der Waals surface area (Å²) in [5, 5.41) is 22.3. The van der Waals surface area contributed by atoms with Crippen LogP contribution in [0, 0.1) is 19.8 Å². The predicted molar refractivity (Wildman–Crippen MR) is 229 cm³/mol. The molecule has 1 aliphatic carbocycles. The van der Waals surface area contributed by atoms with Crippen LogP contribution in [-0.4, -0.2) is 111 Å². The number of benzene rings is 2. The number of carbonyl (C=O) groups excluding carboxylic acids is 3. The van der Waals surface area contributed by atoms with Crippen molar-refractivity contribution >= 4 is 46.1 Å². The number of nitrogens with zero attached hydrogens (tertiary/aromatic N) is 8. The Labute approximate surface area is 349 Å². The number of pyridine rings is 1. The average molecular weight is 813 g/mol. The first-order valence-electron chi connectivity index (χ1n) is 21.1. The number of aryl methyl sites for hydroxylation is 2. The van der Waals surface area contributed by atoms with Crippen molar-refractivity contribution in [1.29, 1.82) is 0 Å². The summed E-state index contributed by atoms with van der Waals surface area (Å²) < 4.78 is 8.58. The molecule has 1 saturated carbocycles. The fraction of sp³-hybridized carbons (Fsp3) is 0.422. The van der Waals surface area contributed by atoms with Gasteiger partial charge in [-0.3, -0.25) is 24.7 Å². The number of amides is 4. The molecule has 1 atom stereocenters. The molecule has 60 heavy (non-hydrogen) atoms. The Balaban J connectivity index is 0.767. The maximum absolute atomic E-state index is 13.8. The number of rotatable bonds is 8. The number of nitrogen functional groups attached to an aromatic ring is 1. The number of morpholine rings is 1. The average Bonchev–Trinajstić information content (AvgIpc) is 3.59. The monoisotopic (exact) mass is 812 g/mol. The topological polar surface area (TPSA) is 175 Å². The smallest absolute Gasteiger partial charge is 0.328 e. The lowest BCUT2D eigenvalue weighted by atomic mass is 9.85. The number of piperazine rings is 1. The molecule has 9 rings (SSSR count). The van der Waals surface area contributed by atoms with Gasteiger partial charge in [-0.2, -0.15) is 0 Å². The number of phenolic OH excluding ortho intramolecular Hbond substituents is 1. The molecule has 4 fully saturated rings. The third-order valence-corrected chi connectivity index (χ3v) is 12.9. The van der Waals surface area contributed by atoms with Crippen LogP contribution in [-0.2, 0) is 9.53 Å². The second-order valence-electron chi connectivity index (χ2n) is 16.7. The summed E-state index contributed by atoms with van der Waals surface area (Å²) in [4.78, 5) is 50.9. The molecule has 0 bridgehead atoms. The predicted octanol–water partition coefficient (Wildman–Crippen LogP) is 5.61. The molecule has 3 aromatic heterocycles. The number of carbonyl (C=O) groups is 3. The van der Waals surface area contributed by atoms with Crippen LogP contribution in [0.15, 0.2) is 67.0 Å². The highest BCUT2D eigenvalue weighted by Gasteiger charge is 2.31. The number of anilines is 3. The number of fused-ring (bicyclic) bond motifs is 1. The minimum atomic E-state index is -0.398. The third-order valence-electron chi connectivity index (χ3n) is 12.9. The van der Waals surface area contributed by atoms with Crippen molar-refractivity contribution < 1.29 is 24.2 Å². The van der Waals surface area contributed by atoms with Gasteiger partial charge in [0, 0.05) is 87.5 Å². The van der Waals surface area contributed by atoms with Crippen molar-refractivity contribution in [2.24, 2.45) is 5.92 Å². The lowest BCUT2D eigenvalue weighted by molar-refractivity contribution is -0.120. The first-order chi connectivity index (χ1) is 29.1. The molecule has 5 aromatic rings. The van der Waals surface area contributed by atoms with E-state index in [2.05, 4.69) is 43.0 Å². The second kappa shape index (κ2) is 16.5. The highest BCUT2D eigenvalue weighted by atomic mass is 16.5. The molecule has 15 heteroatoms. The van der Waals surface area contributed by atoms with E-state index in [0.717, 1.165) is 78.7 Å². The molecular formula is C45H52N10O5. The minimum Gasteiger partial charge on any atom is -0.507 e. The van der Waals surface area contributed by atoms with Crippen molar-refractivity contribution in [1.82, 2.24) is 34.9 Å². The Morgan fingerprint density at radius 1 is 0.933 bits per heavy atom. The standard InChI is InChI=1S/C45H52N10O5/c1-28-21-31(9-12-34(28)40-27-53(19-20-60-40)38-23-37(49-50-42(38)46)35-5-3-4-6-39(35)56)44(58)52-17-15-51(16-18-52)26-30-7-10-32(11-8-30)55-25-29(2)36-22-33(24-47-43(36)55)54-14-13-41(57)48-45(54)59/h3-6,9,12,21-25,30,32,40,56H,7-8,10-11,13-20,26-27H2,1-2H3,(H2,46,50)(H,48,57,59)/t30?,32?,40-/m0/s1. The summed E-state index contributed by atoms with van der Waals surface area (Å²) in [5.41, 5.74) is 13.7. The van der Waals surface area contributed by atoms with Crippen molar-refractivity contribution in [3.8, 4) is 17.0 Å². The number of aromatic nitrogens is 4. The van der Waals surface area contributed by atoms with Gasteiger partial charge in [0.05, 0.1) is 29.9 Å². The van der Waals surface area contributed by atoms with Gasteiger partial charge >= 0.3 is 6.03 Å². The van der Waals surface area contributed by atoms with Crippen LogP contribution < -0.4 is 20.9 Å². The number of ether oxygens (including phenoxy) is 1. The van der Waals surface area contributed by atoms with Crippen molar-refractivity contribution in [2.75, 3.05) is 74.5 Å². The van der Waals surface area contributed by atoms with Crippen LogP contribution >= 0.6 is 0 Å². The number of nitrogens with two attached hydrogens (primary N) is 1. The fourth-order valence-electron chi connectivity index (χ4n) is 9.50. The van der Waals surface area contributed by atoms with Gasteiger partial charge in [-0.05, 0) is 98.5 Å². The zero-order chi connectivity index (χ0) is 41.5. The zero-order valence-electron chi connectivity index (χ0n) is 34.2. The Morgan fingerprint density at radius 2 is 1.73 bits per heavy atom. The van der Waals surface area contributed by atoms with Gasteiger partial charge in [-0.15, -0.1) is 10.2 Å². The van der Waals surface area contributed by atoms with Crippen LogP contribution in [0.5, 0.6) is 5.75 Å². The van der Waals surface area contributed by atoms with Gasteiger partial charge < -0.3 is 29.9 Å². The maximum Gasteiger partial charge on any atom is 0.328 e. The molecule has 3 aliphatic heterocycles. The van der Waals surface area contributed by atoms with Gasteiger partial charge in [0.25, 0.3) is 5.91 Å². The summed E-state index contributed by atoms with van der Waals surface area (Å²) in [6, 6.07) is 16.8. The first-order valence-corrected chi connectivity index (χ1v) is 21.1. The van der Waals surface area contributed by atoms with E-state index in [4.69, 9.17) is 15.5 Å². The lowest BCUT2D eigenvalue weighted by Gasteiger charge is -2.38. The summed E-state index contributed by atoms with van der Waals surface area (Å²) >= 11 is 0. The first kappa shape index (κ1) is 39.4. The number of imide groups is 1. The van der Waals surface area contributed by atoms with Crippen molar-refractivity contribution in [2.45, 2.75) is 58.1 Å². The largest absolute Gasteiger partial charge is 0.507 e. The van der Waals surface area contributed by atoms with Crippen molar-refractivity contribution in [3.05, 3.63) is 89.2 Å². The summed E-state index contributed by atoms with van der Waals surface area (Å²) in [7, 11) is 0. The normalized spacial score (nSPS) is 21.7. The third kappa shape index (κ3) is 7.86. The van der Waals surface area contributed by atoms with E-state index < -0.39 is 6.03 Å². The number of nitrogens with one attached hydrogen (secondary N) is 1. The number of hydrogen-bond acceptors (Lipinski definition) is 11. The van der Waals surface area contributed by atoms with Gasteiger partial charge in [0.15, 0.2) is 5.82 Å². The van der Waals surface area contributed by atoms with E-state index in [9.17, 15) is 19.5 Å². The molecule has 4 amide bonds. The quantitative estimate of drug-likeness (QED) is 0.178. The molecule has 15 nitrogen and oxygen atoms in total. The molecular weight excluding hydrogens is 761 g/mol. The lowest BCUT2D eigenvalue weighted by Crippen LogP contribution is -2.50. The van der Waals surface area contributed by atoms with Crippen LogP contribution in [0.2, 0.25) is 0 Å². The van der Waals surface area contributed by atoms with E-state index in [1.54, 1.807) is 29.3 Å². The van der Waals surface area contributed by atoms with E-state index in [1.165, 1.54) is 0 Å². The molecule has 0 spiro atoms. The van der Waals surface area contributed by atoms with Gasteiger partial charge in [0.1, 0.15) is 17.5 Å². The Bertz CT molecular complexity index is 2440. The molecule has 6 heterocycles.